The van der Waals surface area contributed by atoms with Gasteiger partial charge in [-0.25, -0.2) is 0 Å². The Kier molecular flexibility index (Phi) is 4.83. The predicted molar refractivity (Wildman–Crippen MR) is 63.0 cm³/mol. The second-order valence-electron chi connectivity index (χ2n) is 2.97. The average Bonchev–Trinajstić information content (AvgIpc) is 2.31. The van der Waals surface area contributed by atoms with Crippen molar-refractivity contribution in [2.45, 2.75) is 13.5 Å². The highest BCUT2D eigenvalue weighted by molar-refractivity contribution is 5.21. The maximum Gasteiger partial charge on any atom is 0.116 e. The van der Waals surface area contributed by atoms with Crippen LogP contribution in [0.1, 0.15) is 12.5 Å². The minimum atomic E-state index is 0.565. The molecule has 1 rings (SSSR count). The van der Waals surface area contributed by atoms with Gasteiger partial charge in [-0.2, -0.15) is 0 Å². The zero-order valence-electron chi connectivity index (χ0n) is 8.81. The van der Waals surface area contributed by atoms with Crippen molar-refractivity contribution in [1.82, 2.24) is 0 Å². The number of allylic oxidation sites excluding steroid dienone is 3. The van der Waals surface area contributed by atoms with Crippen LogP contribution in [0.25, 0.3) is 0 Å². The van der Waals surface area contributed by atoms with E-state index in [0.29, 0.717) is 6.61 Å². The Bertz CT molecular complexity index is 380. The molecule has 0 unspecified atom stereocenters. The summed E-state index contributed by atoms with van der Waals surface area (Å²) in [6.45, 7) is 2.48. The molecule has 0 aliphatic heterocycles. The second kappa shape index (κ2) is 6.50. The maximum atomic E-state index is 5.56. The Labute approximate surface area is 91.1 Å². The summed E-state index contributed by atoms with van der Waals surface area (Å²) in [6.07, 6.45) is 10.4. The van der Waals surface area contributed by atoms with Crippen LogP contribution in [-0.4, -0.2) is 0 Å². The van der Waals surface area contributed by atoms with Crippen molar-refractivity contribution in [3.05, 3.63) is 59.9 Å². The molecule has 0 N–H and O–H groups in total. The van der Waals surface area contributed by atoms with Crippen molar-refractivity contribution in [2.24, 2.45) is 0 Å². The zero-order chi connectivity index (χ0) is 10.9. The molecule has 0 aliphatic carbocycles. The summed E-state index contributed by atoms with van der Waals surface area (Å²) in [6, 6.07) is 10.0. The molecule has 1 aromatic carbocycles. The van der Waals surface area contributed by atoms with Gasteiger partial charge in [-0.3, -0.25) is 0 Å². The highest BCUT2D eigenvalue weighted by Gasteiger charge is 1.93. The van der Waals surface area contributed by atoms with E-state index in [1.165, 1.54) is 0 Å². The third-order valence-electron chi connectivity index (χ3n) is 1.88. The molecule has 0 aliphatic rings. The maximum absolute atomic E-state index is 5.56. The van der Waals surface area contributed by atoms with Gasteiger partial charge in [0.15, 0.2) is 0 Å². The normalized spacial score (nSPS) is 11.3. The van der Waals surface area contributed by atoms with Crippen molar-refractivity contribution < 1.29 is 4.74 Å². The Hall–Kier alpha value is -1.94. The Morgan fingerprint density at radius 3 is 2.73 bits per heavy atom. The molecule has 0 saturated heterocycles. The van der Waals surface area contributed by atoms with Crippen LogP contribution in [0.5, 0.6) is 0 Å². The molecule has 0 heterocycles. The van der Waals surface area contributed by atoms with Crippen LogP contribution in [0.3, 0.4) is 0 Å². The van der Waals surface area contributed by atoms with E-state index in [1.54, 1.807) is 12.2 Å². The van der Waals surface area contributed by atoms with Crippen molar-refractivity contribution in [3.63, 3.8) is 0 Å². The molecule has 0 amide bonds. The highest BCUT2D eigenvalue weighted by atomic mass is 16.5. The average molecular weight is 198 g/mol. The van der Waals surface area contributed by atoms with Crippen LogP contribution in [0, 0.1) is 12.3 Å². The number of terminal acetylenes is 1. The fourth-order valence-corrected chi connectivity index (χ4v) is 1.10. The van der Waals surface area contributed by atoms with Crippen LogP contribution < -0.4 is 0 Å². The molecule has 0 radical (unpaired) electrons. The highest BCUT2D eigenvalue weighted by Crippen LogP contribution is 2.06. The fraction of sp³-hybridized carbons (Fsp3) is 0.143. The van der Waals surface area contributed by atoms with E-state index in [0.717, 1.165) is 11.3 Å². The van der Waals surface area contributed by atoms with E-state index in [9.17, 15) is 0 Å². The topological polar surface area (TPSA) is 9.23 Å². The minimum absolute atomic E-state index is 0.565. The monoisotopic (exact) mass is 198 g/mol. The summed E-state index contributed by atoms with van der Waals surface area (Å²) in [5, 5.41) is 0. The smallest absolute Gasteiger partial charge is 0.116 e. The summed E-state index contributed by atoms with van der Waals surface area (Å²) in [7, 11) is 0. The molecule has 0 spiro atoms. The standard InChI is InChI=1S/C14H14O/c1-3-5-11-14(4-2)15-12-13-9-7-6-8-10-13/h1,4-11H,12H2,2H3/b11-5-,14-4+. The van der Waals surface area contributed by atoms with Crippen LogP contribution in [0.2, 0.25) is 0 Å². The molecule has 76 valence electrons. The van der Waals surface area contributed by atoms with Gasteiger partial charge >= 0.3 is 0 Å². The lowest BCUT2D eigenvalue weighted by molar-refractivity contribution is 0.210. The molecule has 0 saturated carbocycles. The first-order valence-electron chi connectivity index (χ1n) is 4.82. The van der Waals surface area contributed by atoms with E-state index in [2.05, 4.69) is 5.92 Å². The third-order valence-corrected chi connectivity index (χ3v) is 1.88. The zero-order valence-corrected chi connectivity index (χ0v) is 8.81. The van der Waals surface area contributed by atoms with E-state index in [4.69, 9.17) is 11.2 Å². The Morgan fingerprint density at radius 2 is 2.13 bits per heavy atom. The van der Waals surface area contributed by atoms with E-state index >= 15 is 0 Å². The lowest BCUT2D eigenvalue weighted by Crippen LogP contribution is -1.90. The van der Waals surface area contributed by atoms with Gasteiger partial charge in [0, 0.05) is 0 Å². The lowest BCUT2D eigenvalue weighted by Gasteiger charge is -2.05. The van der Waals surface area contributed by atoms with Crippen LogP contribution in [0.15, 0.2) is 54.3 Å². The van der Waals surface area contributed by atoms with Crippen LogP contribution in [-0.2, 0) is 11.3 Å². The molecule has 1 nitrogen and oxygen atoms in total. The molecule has 15 heavy (non-hydrogen) atoms. The van der Waals surface area contributed by atoms with Crippen LogP contribution in [0.4, 0.5) is 0 Å². The summed E-state index contributed by atoms with van der Waals surface area (Å²) < 4.78 is 5.56. The summed E-state index contributed by atoms with van der Waals surface area (Å²) in [4.78, 5) is 0. The molecule has 0 atom stereocenters. The molecule has 0 aromatic heterocycles. The predicted octanol–water partition coefficient (Wildman–Crippen LogP) is 3.30. The molecule has 1 aromatic rings. The van der Waals surface area contributed by atoms with Crippen molar-refractivity contribution in [3.8, 4) is 12.3 Å². The molecular weight excluding hydrogens is 184 g/mol. The SMILES string of the molecule is C#C/C=C\C(=C/C)OCc1ccccc1. The first-order chi connectivity index (χ1) is 7.36. The molecule has 0 bridgehead atoms. The van der Waals surface area contributed by atoms with Gasteiger partial charge in [-0.15, -0.1) is 6.42 Å². The van der Waals surface area contributed by atoms with Gasteiger partial charge in [-0.1, -0.05) is 36.3 Å². The summed E-state index contributed by atoms with van der Waals surface area (Å²) in [5.74, 6) is 3.22. The van der Waals surface area contributed by atoms with Gasteiger partial charge in [0.1, 0.15) is 12.4 Å². The van der Waals surface area contributed by atoms with Crippen molar-refractivity contribution in [1.29, 1.82) is 0 Å². The Balaban J connectivity index is 2.50. The van der Waals surface area contributed by atoms with Gasteiger partial charge in [0.2, 0.25) is 0 Å². The van der Waals surface area contributed by atoms with Gasteiger partial charge in [0.25, 0.3) is 0 Å². The van der Waals surface area contributed by atoms with E-state index in [-0.39, 0.29) is 0 Å². The summed E-state index contributed by atoms with van der Waals surface area (Å²) in [5.41, 5.74) is 1.14. The quantitative estimate of drug-likeness (QED) is 0.410. The third kappa shape index (κ3) is 4.19. The van der Waals surface area contributed by atoms with Gasteiger partial charge < -0.3 is 4.74 Å². The van der Waals surface area contributed by atoms with Crippen molar-refractivity contribution >= 4 is 0 Å². The Morgan fingerprint density at radius 1 is 1.40 bits per heavy atom. The largest absolute Gasteiger partial charge is 0.489 e. The molecule has 0 fully saturated rings. The van der Waals surface area contributed by atoms with E-state index in [1.807, 2.05) is 43.3 Å². The minimum Gasteiger partial charge on any atom is -0.489 e. The van der Waals surface area contributed by atoms with Gasteiger partial charge in [-0.05, 0) is 30.7 Å². The number of ether oxygens (including phenoxy) is 1. The van der Waals surface area contributed by atoms with E-state index < -0.39 is 0 Å². The number of hydrogen-bond donors (Lipinski definition) is 0. The second-order valence-corrected chi connectivity index (χ2v) is 2.97. The number of hydrogen-bond acceptors (Lipinski definition) is 1. The number of rotatable bonds is 4. The molecular formula is C14H14O. The van der Waals surface area contributed by atoms with Gasteiger partial charge in [0.05, 0.1) is 0 Å². The lowest BCUT2D eigenvalue weighted by atomic mass is 10.2. The van der Waals surface area contributed by atoms with Crippen molar-refractivity contribution in [2.75, 3.05) is 0 Å². The fourth-order valence-electron chi connectivity index (χ4n) is 1.10. The summed E-state index contributed by atoms with van der Waals surface area (Å²) >= 11 is 0. The number of benzene rings is 1. The molecule has 1 heteroatoms. The van der Waals surface area contributed by atoms with Crippen LogP contribution >= 0.6 is 0 Å². The first kappa shape index (κ1) is 11.1. The first-order valence-corrected chi connectivity index (χ1v) is 4.82.